The highest BCUT2D eigenvalue weighted by Crippen LogP contribution is 2.38. The third-order valence-electron chi connectivity index (χ3n) is 7.69. The normalized spacial score (nSPS) is 18.1. The molecule has 2 aliphatic heterocycles. The lowest BCUT2D eigenvalue weighted by atomic mass is 9.85. The number of aryl methyl sites for hydroxylation is 1. The number of hydrogen-bond acceptors (Lipinski definition) is 4. The first kappa shape index (κ1) is 23.3. The molecule has 7 nitrogen and oxygen atoms in total. The van der Waals surface area contributed by atoms with Crippen LogP contribution in [0.1, 0.15) is 35.2 Å². The predicted octanol–water partition coefficient (Wildman–Crippen LogP) is 3.77. The van der Waals surface area contributed by atoms with Crippen LogP contribution in [0.5, 0.6) is 0 Å². The zero-order valence-corrected chi connectivity index (χ0v) is 20.6. The average Bonchev–Trinajstić information content (AvgIpc) is 3.29. The zero-order chi connectivity index (χ0) is 24.4. The van der Waals surface area contributed by atoms with Crippen molar-refractivity contribution in [3.05, 3.63) is 89.2 Å². The first-order valence-corrected chi connectivity index (χ1v) is 12.4. The molecule has 1 aromatic heterocycles. The van der Waals surface area contributed by atoms with Gasteiger partial charge in [0, 0.05) is 44.5 Å². The summed E-state index contributed by atoms with van der Waals surface area (Å²) in [7, 11) is 1.96. The van der Waals surface area contributed by atoms with E-state index >= 15 is 0 Å². The van der Waals surface area contributed by atoms with Gasteiger partial charge in [0.25, 0.3) is 5.91 Å². The summed E-state index contributed by atoms with van der Waals surface area (Å²) in [6, 6.07) is 19.8. The number of benzene rings is 2. The van der Waals surface area contributed by atoms with Crippen LogP contribution in [0.3, 0.4) is 0 Å². The molecule has 3 amide bonds. The Morgan fingerprint density at radius 2 is 1.51 bits per heavy atom. The maximum Gasteiger partial charge on any atom is 0.328 e. The molecule has 0 atom stereocenters. The van der Waals surface area contributed by atoms with E-state index in [1.54, 1.807) is 0 Å². The average molecular weight is 472 g/mol. The van der Waals surface area contributed by atoms with Crippen LogP contribution in [0.2, 0.25) is 0 Å². The van der Waals surface area contributed by atoms with Gasteiger partial charge in [-0.05, 0) is 37.3 Å². The molecular formula is C28H33N5O2. The fraction of sp³-hybridized carbons (Fsp3) is 0.393. The maximum absolute atomic E-state index is 13.9. The Morgan fingerprint density at radius 1 is 0.886 bits per heavy atom. The van der Waals surface area contributed by atoms with Crippen LogP contribution in [0.4, 0.5) is 4.79 Å². The molecule has 2 aromatic carbocycles. The van der Waals surface area contributed by atoms with Gasteiger partial charge in [0.05, 0.1) is 12.7 Å². The Bertz CT molecular complexity index is 1180. The van der Waals surface area contributed by atoms with Crippen molar-refractivity contribution in [3.8, 4) is 0 Å². The highest BCUT2D eigenvalue weighted by Gasteiger charge is 2.57. The monoisotopic (exact) mass is 471 g/mol. The summed E-state index contributed by atoms with van der Waals surface area (Å²) < 4.78 is 1.90. The first-order valence-electron chi connectivity index (χ1n) is 12.4. The van der Waals surface area contributed by atoms with E-state index in [0.29, 0.717) is 25.9 Å². The van der Waals surface area contributed by atoms with Gasteiger partial charge in [0.15, 0.2) is 0 Å². The number of hydrogen-bond donors (Lipinski definition) is 0. The van der Waals surface area contributed by atoms with Crippen molar-refractivity contribution in [3.63, 3.8) is 0 Å². The third-order valence-corrected chi connectivity index (χ3v) is 7.69. The van der Waals surface area contributed by atoms with Crippen molar-refractivity contribution in [1.82, 2.24) is 24.5 Å². The quantitative estimate of drug-likeness (QED) is 0.492. The van der Waals surface area contributed by atoms with Gasteiger partial charge in [-0.3, -0.25) is 19.3 Å². The molecular weight excluding hydrogens is 438 g/mol. The number of rotatable bonds is 7. The number of carbonyl (C=O) groups is 2. The molecule has 1 spiro atoms. The van der Waals surface area contributed by atoms with Gasteiger partial charge >= 0.3 is 6.03 Å². The van der Waals surface area contributed by atoms with Crippen molar-refractivity contribution in [2.75, 3.05) is 19.6 Å². The van der Waals surface area contributed by atoms with E-state index in [-0.39, 0.29) is 11.9 Å². The van der Waals surface area contributed by atoms with Gasteiger partial charge < -0.3 is 4.90 Å². The summed E-state index contributed by atoms with van der Waals surface area (Å²) >= 11 is 0. The van der Waals surface area contributed by atoms with Gasteiger partial charge in [-0.2, -0.15) is 5.10 Å². The van der Waals surface area contributed by atoms with Crippen molar-refractivity contribution in [2.24, 2.45) is 7.05 Å². The van der Waals surface area contributed by atoms with Crippen LogP contribution in [-0.2, 0) is 31.4 Å². The fourth-order valence-corrected chi connectivity index (χ4v) is 5.39. The number of nitrogens with zero attached hydrogens (tertiary/aromatic N) is 5. The van der Waals surface area contributed by atoms with Crippen molar-refractivity contribution >= 4 is 11.9 Å². The second-order valence-electron chi connectivity index (χ2n) is 9.73. The van der Waals surface area contributed by atoms with Gasteiger partial charge in [-0.15, -0.1) is 0 Å². The van der Waals surface area contributed by atoms with Crippen LogP contribution in [-0.4, -0.2) is 61.6 Å². The number of aromatic nitrogens is 2. The van der Waals surface area contributed by atoms with E-state index in [1.807, 2.05) is 71.4 Å². The minimum absolute atomic E-state index is 0.0448. The molecule has 0 unspecified atom stereocenters. The molecule has 3 heterocycles. The molecule has 0 aliphatic carbocycles. The topological polar surface area (TPSA) is 61.7 Å². The van der Waals surface area contributed by atoms with Crippen LogP contribution >= 0.6 is 0 Å². The molecule has 2 aliphatic rings. The molecule has 0 N–H and O–H groups in total. The molecule has 7 heteroatoms. The largest absolute Gasteiger partial charge is 0.328 e. The highest BCUT2D eigenvalue weighted by molar-refractivity contribution is 6.07. The van der Waals surface area contributed by atoms with Crippen LogP contribution in [0.25, 0.3) is 0 Å². The van der Waals surface area contributed by atoms with Gasteiger partial charge in [-0.25, -0.2) is 4.79 Å². The number of likely N-dealkylation sites (tertiary alicyclic amines) is 1. The number of urea groups is 1. The second-order valence-corrected chi connectivity index (χ2v) is 9.73. The van der Waals surface area contributed by atoms with E-state index in [2.05, 4.69) is 29.1 Å². The van der Waals surface area contributed by atoms with E-state index < -0.39 is 5.54 Å². The summed E-state index contributed by atoms with van der Waals surface area (Å²) in [4.78, 5) is 33.2. The van der Waals surface area contributed by atoms with Gasteiger partial charge in [0.2, 0.25) is 0 Å². The predicted molar refractivity (Wildman–Crippen MR) is 134 cm³/mol. The van der Waals surface area contributed by atoms with E-state index in [9.17, 15) is 9.59 Å². The molecule has 5 rings (SSSR count). The SMILES string of the molecule is Cc1c(CN2CCC3(CC2)C(=O)N(Cc2ccccc2)C(=O)N3CCc2ccccc2)cnn1C. The third kappa shape index (κ3) is 4.48. The summed E-state index contributed by atoms with van der Waals surface area (Å²) in [5.41, 5.74) is 3.76. The molecule has 182 valence electrons. The number of imide groups is 1. The number of piperidine rings is 1. The van der Waals surface area contributed by atoms with Crippen molar-refractivity contribution < 1.29 is 9.59 Å². The van der Waals surface area contributed by atoms with E-state index in [1.165, 1.54) is 16.0 Å². The summed E-state index contributed by atoms with van der Waals surface area (Å²) in [6.07, 6.45) is 3.96. The smallest absolute Gasteiger partial charge is 0.309 e. The standard InChI is InChI=1S/C28H33N5O2/c1-22-25(19-29-30(22)2)21-31-17-14-28(15-18-31)26(34)32(20-24-11-7-4-8-12-24)27(35)33(28)16-13-23-9-5-3-6-10-23/h3-12,19H,13-18,20-21H2,1-2H3. The Labute approximate surface area is 206 Å². The first-order chi connectivity index (χ1) is 17.0. The summed E-state index contributed by atoms with van der Waals surface area (Å²) in [6.45, 7) is 5.31. The molecule has 0 saturated carbocycles. The van der Waals surface area contributed by atoms with Crippen molar-refractivity contribution in [1.29, 1.82) is 0 Å². The fourth-order valence-electron chi connectivity index (χ4n) is 5.39. The molecule has 2 fully saturated rings. The highest BCUT2D eigenvalue weighted by atomic mass is 16.2. The molecule has 2 saturated heterocycles. The van der Waals surface area contributed by atoms with Crippen LogP contribution < -0.4 is 0 Å². The Hall–Kier alpha value is -3.45. The maximum atomic E-state index is 13.9. The van der Waals surface area contributed by atoms with Crippen molar-refractivity contribution in [2.45, 2.75) is 44.8 Å². The lowest BCUT2D eigenvalue weighted by Gasteiger charge is -2.42. The lowest BCUT2D eigenvalue weighted by molar-refractivity contribution is -0.136. The Balaban J connectivity index is 1.36. The molecule has 35 heavy (non-hydrogen) atoms. The number of carbonyl (C=O) groups excluding carboxylic acids is 2. The second kappa shape index (κ2) is 9.66. The van der Waals surface area contributed by atoms with Gasteiger partial charge in [-0.1, -0.05) is 60.7 Å². The summed E-state index contributed by atoms with van der Waals surface area (Å²) in [5.74, 6) is -0.0448. The summed E-state index contributed by atoms with van der Waals surface area (Å²) in [5, 5.41) is 4.37. The Kier molecular flexibility index (Phi) is 6.43. The lowest BCUT2D eigenvalue weighted by Crippen LogP contribution is -2.56. The zero-order valence-electron chi connectivity index (χ0n) is 20.6. The van der Waals surface area contributed by atoms with E-state index in [4.69, 9.17) is 0 Å². The van der Waals surface area contributed by atoms with Gasteiger partial charge in [0.1, 0.15) is 5.54 Å². The molecule has 0 bridgehead atoms. The number of amides is 3. The van der Waals surface area contributed by atoms with Crippen LogP contribution in [0.15, 0.2) is 66.9 Å². The van der Waals surface area contributed by atoms with E-state index in [0.717, 1.165) is 37.3 Å². The molecule has 3 aromatic rings. The van der Waals surface area contributed by atoms with Crippen LogP contribution in [0, 0.1) is 6.92 Å². The Morgan fingerprint density at radius 3 is 2.11 bits per heavy atom. The molecule has 0 radical (unpaired) electrons. The minimum Gasteiger partial charge on any atom is -0.309 e. The minimum atomic E-state index is -0.763.